The molecule has 0 unspecified atom stereocenters. The number of likely N-dealkylation sites (N-methyl/N-ethyl adjacent to an activating group) is 1. The van der Waals surface area contributed by atoms with Crippen LogP contribution in [0.25, 0.3) is 0 Å². The number of rotatable bonds is 9. The number of quaternary nitrogens is 1. The second-order valence-electron chi connectivity index (χ2n) is 5.41. The Morgan fingerprint density at radius 3 is 2.21 bits per heavy atom. The van der Waals surface area contributed by atoms with Crippen molar-refractivity contribution in [3.8, 4) is 0 Å². The molecule has 0 spiro atoms. The Bertz CT molecular complexity index is 334. The zero-order chi connectivity index (χ0) is 15.1. The van der Waals surface area contributed by atoms with Crippen molar-refractivity contribution in [1.82, 2.24) is 0 Å². The average molecular weight is 275 g/mol. The maximum Gasteiger partial charge on any atom is 0.306 e. The Morgan fingerprint density at radius 1 is 1.21 bits per heavy atom. The van der Waals surface area contributed by atoms with Crippen molar-refractivity contribution in [2.24, 2.45) is 0 Å². The van der Waals surface area contributed by atoms with E-state index in [1.807, 2.05) is 21.1 Å². The van der Waals surface area contributed by atoms with Gasteiger partial charge in [-0.15, -0.1) is 0 Å². The Balaban J connectivity index is 4.26. The van der Waals surface area contributed by atoms with Gasteiger partial charge in [0.15, 0.2) is 6.10 Å². The van der Waals surface area contributed by atoms with Gasteiger partial charge < -0.3 is 24.2 Å². The molecule has 0 aliphatic carbocycles. The molecule has 0 amide bonds. The third-order valence-electron chi connectivity index (χ3n) is 2.22. The summed E-state index contributed by atoms with van der Waals surface area (Å²) in [5.41, 5.74) is 0. The summed E-state index contributed by atoms with van der Waals surface area (Å²) in [6.07, 6.45) is -1.10. The maximum absolute atomic E-state index is 11.5. The zero-order valence-electron chi connectivity index (χ0n) is 11.5. The molecule has 1 N–H and O–H groups in total. The van der Waals surface area contributed by atoms with Gasteiger partial charge in [-0.05, 0) is 6.42 Å². The summed E-state index contributed by atoms with van der Waals surface area (Å²) in [6, 6.07) is 0. The molecule has 0 fully saturated rings. The van der Waals surface area contributed by atoms with E-state index < -0.39 is 24.0 Å². The van der Waals surface area contributed by atoms with Gasteiger partial charge in [-0.25, -0.2) is 0 Å². The summed E-state index contributed by atoms with van der Waals surface area (Å²) in [7, 11) is 5.54. The summed E-state index contributed by atoms with van der Waals surface area (Å²) >= 11 is 0. The standard InChI is InChI=1S/C12H21NO6/c1-13(2,3)8-9(7-11(16)17)19-12(18)6-4-5-10(14)15/h9H,4-8H2,1-3H3,(H-,14,15,16,17)/t9-/m0/s1. The lowest BCUT2D eigenvalue weighted by Gasteiger charge is -2.29. The van der Waals surface area contributed by atoms with Gasteiger partial charge in [-0.1, -0.05) is 0 Å². The van der Waals surface area contributed by atoms with Crippen LogP contribution in [0, 0.1) is 0 Å². The molecule has 0 aliphatic rings. The van der Waals surface area contributed by atoms with E-state index in [0.29, 0.717) is 11.0 Å². The van der Waals surface area contributed by atoms with E-state index in [9.17, 15) is 19.5 Å². The second kappa shape index (κ2) is 7.73. The van der Waals surface area contributed by atoms with Crippen LogP contribution in [0.3, 0.4) is 0 Å². The second-order valence-corrected chi connectivity index (χ2v) is 5.41. The fourth-order valence-electron chi connectivity index (χ4n) is 1.57. The van der Waals surface area contributed by atoms with Gasteiger partial charge >= 0.3 is 11.9 Å². The maximum atomic E-state index is 11.5. The van der Waals surface area contributed by atoms with Crippen LogP contribution in [0.15, 0.2) is 0 Å². The van der Waals surface area contributed by atoms with E-state index in [1.165, 1.54) is 0 Å². The van der Waals surface area contributed by atoms with Crippen LogP contribution in [0.2, 0.25) is 0 Å². The minimum atomic E-state index is -1.28. The Morgan fingerprint density at radius 2 is 1.79 bits per heavy atom. The lowest BCUT2D eigenvalue weighted by Crippen LogP contribution is -2.45. The third kappa shape index (κ3) is 11.2. The van der Waals surface area contributed by atoms with Crippen molar-refractivity contribution in [2.45, 2.75) is 31.8 Å². The highest BCUT2D eigenvalue weighted by molar-refractivity contribution is 5.72. The normalized spacial score (nSPS) is 12.8. The van der Waals surface area contributed by atoms with Gasteiger partial charge in [0.25, 0.3) is 0 Å². The van der Waals surface area contributed by atoms with Gasteiger partial charge in [0.05, 0.1) is 21.1 Å². The smallest absolute Gasteiger partial charge is 0.306 e. The first kappa shape index (κ1) is 17.4. The predicted molar refractivity (Wildman–Crippen MR) is 63.9 cm³/mol. The molecule has 0 saturated carbocycles. The van der Waals surface area contributed by atoms with Crippen molar-refractivity contribution in [1.29, 1.82) is 0 Å². The first-order chi connectivity index (χ1) is 8.60. The molecule has 7 nitrogen and oxygen atoms in total. The molecule has 0 bridgehead atoms. The number of carboxylic acids is 2. The zero-order valence-corrected chi connectivity index (χ0v) is 11.5. The van der Waals surface area contributed by atoms with Gasteiger partial charge in [-0.3, -0.25) is 9.59 Å². The topological polar surface area (TPSA) is 104 Å². The molecule has 0 saturated heterocycles. The van der Waals surface area contributed by atoms with E-state index in [0.717, 1.165) is 0 Å². The van der Waals surface area contributed by atoms with Crippen LogP contribution >= 0.6 is 0 Å². The van der Waals surface area contributed by atoms with Crippen LogP contribution < -0.4 is 5.11 Å². The summed E-state index contributed by atoms with van der Waals surface area (Å²) < 4.78 is 5.50. The molecule has 110 valence electrons. The minimum Gasteiger partial charge on any atom is -0.550 e. The van der Waals surface area contributed by atoms with Crippen molar-refractivity contribution >= 4 is 17.9 Å². The molecule has 0 aromatic carbocycles. The number of aliphatic carboxylic acids is 2. The SMILES string of the molecule is C[N+](C)(C)C[C@H](CC(=O)[O-])OC(=O)CCCC(=O)O. The molecule has 0 aliphatic heterocycles. The largest absolute Gasteiger partial charge is 0.550 e. The number of hydrogen-bond donors (Lipinski definition) is 1. The van der Waals surface area contributed by atoms with Crippen molar-refractivity contribution in [2.75, 3.05) is 27.7 Å². The number of nitrogens with zero attached hydrogens (tertiary/aromatic N) is 1. The molecule has 0 rings (SSSR count). The lowest BCUT2D eigenvalue weighted by atomic mass is 10.2. The summed E-state index contributed by atoms with van der Waals surface area (Å²) in [6.45, 7) is 0.346. The molecule has 7 heteroatoms. The van der Waals surface area contributed by atoms with Gasteiger partial charge in [0, 0.05) is 25.2 Å². The van der Waals surface area contributed by atoms with E-state index in [4.69, 9.17) is 9.84 Å². The number of esters is 1. The van der Waals surface area contributed by atoms with Gasteiger partial charge in [0.2, 0.25) is 0 Å². The van der Waals surface area contributed by atoms with E-state index in [2.05, 4.69) is 0 Å². The van der Waals surface area contributed by atoms with E-state index in [-0.39, 0.29) is 25.7 Å². The van der Waals surface area contributed by atoms with E-state index >= 15 is 0 Å². The quantitative estimate of drug-likeness (QED) is 0.427. The van der Waals surface area contributed by atoms with Crippen LogP contribution in [-0.2, 0) is 19.1 Å². The molecule has 0 radical (unpaired) electrons. The molecule has 1 atom stereocenters. The van der Waals surface area contributed by atoms with Gasteiger partial charge in [-0.2, -0.15) is 0 Å². The number of hydrogen-bond acceptors (Lipinski definition) is 5. The highest BCUT2D eigenvalue weighted by atomic mass is 16.5. The average Bonchev–Trinajstić information content (AvgIpc) is 2.12. The molecular weight excluding hydrogens is 254 g/mol. The van der Waals surface area contributed by atoms with Crippen molar-refractivity contribution in [3.63, 3.8) is 0 Å². The molecule has 0 heterocycles. The lowest BCUT2D eigenvalue weighted by molar-refractivity contribution is -0.873. The van der Waals surface area contributed by atoms with E-state index in [1.54, 1.807) is 0 Å². The number of carboxylic acid groups (broad SMARTS) is 2. The van der Waals surface area contributed by atoms with Crippen LogP contribution in [-0.4, -0.2) is 61.3 Å². The Labute approximate surface area is 112 Å². The molecule has 0 aromatic heterocycles. The number of carbonyl (C=O) groups excluding carboxylic acids is 2. The first-order valence-corrected chi connectivity index (χ1v) is 6.01. The predicted octanol–water partition coefficient (Wildman–Crippen LogP) is -1.00. The van der Waals surface area contributed by atoms with Crippen molar-refractivity contribution < 1.29 is 33.8 Å². The van der Waals surface area contributed by atoms with Crippen LogP contribution in [0.5, 0.6) is 0 Å². The molecular formula is C12H21NO6. The number of carbonyl (C=O) groups is 3. The fourth-order valence-corrected chi connectivity index (χ4v) is 1.57. The highest BCUT2D eigenvalue weighted by Crippen LogP contribution is 2.07. The molecule has 19 heavy (non-hydrogen) atoms. The monoisotopic (exact) mass is 275 g/mol. The fraction of sp³-hybridized carbons (Fsp3) is 0.750. The summed E-state index contributed by atoms with van der Waals surface area (Å²) in [5.74, 6) is -2.84. The van der Waals surface area contributed by atoms with Crippen LogP contribution in [0.4, 0.5) is 0 Å². The highest BCUT2D eigenvalue weighted by Gasteiger charge is 2.22. The Kier molecular flexibility index (Phi) is 7.06. The summed E-state index contributed by atoms with van der Waals surface area (Å²) in [5, 5.41) is 19.0. The molecule has 0 aromatic rings. The third-order valence-corrected chi connectivity index (χ3v) is 2.22. The number of ether oxygens (including phenoxy) is 1. The first-order valence-electron chi connectivity index (χ1n) is 6.01. The van der Waals surface area contributed by atoms with Gasteiger partial charge in [0.1, 0.15) is 6.54 Å². The summed E-state index contributed by atoms with van der Waals surface area (Å²) in [4.78, 5) is 32.4. The Hall–Kier alpha value is -1.63. The van der Waals surface area contributed by atoms with Crippen LogP contribution in [0.1, 0.15) is 25.7 Å². The van der Waals surface area contributed by atoms with Crippen molar-refractivity contribution in [3.05, 3.63) is 0 Å². The minimum absolute atomic E-state index is 0.0347.